The number of hydrogen-bond acceptors (Lipinski definition) is 3. The highest BCUT2D eigenvalue weighted by Gasteiger charge is 2.12. The van der Waals surface area contributed by atoms with Gasteiger partial charge in [-0.05, 0) is 43.7 Å². The van der Waals surface area contributed by atoms with Gasteiger partial charge in [0.2, 0.25) is 0 Å². The van der Waals surface area contributed by atoms with Crippen molar-refractivity contribution in [3.05, 3.63) is 53.5 Å². The number of halogens is 1. The third kappa shape index (κ3) is 2.76. The van der Waals surface area contributed by atoms with Gasteiger partial charge >= 0.3 is 0 Å². The van der Waals surface area contributed by atoms with Crippen LogP contribution in [0.5, 0.6) is 0 Å². The SMILES string of the molecule is CC(=O)c1cc(F)c(C)cc1Sc1ccccn1. The van der Waals surface area contributed by atoms with Crippen LogP contribution >= 0.6 is 11.8 Å². The van der Waals surface area contributed by atoms with E-state index in [1.165, 1.54) is 24.8 Å². The van der Waals surface area contributed by atoms with Gasteiger partial charge in [-0.2, -0.15) is 0 Å². The molecule has 0 saturated carbocycles. The first kappa shape index (κ1) is 12.8. The van der Waals surface area contributed by atoms with Gasteiger partial charge in [0, 0.05) is 16.7 Å². The molecule has 92 valence electrons. The molecule has 0 atom stereocenters. The molecular weight excluding hydrogens is 249 g/mol. The van der Waals surface area contributed by atoms with E-state index in [0.29, 0.717) is 11.1 Å². The zero-order valence-electron chi connectivity index (χ0n) is 10.1. The van der Waals surface area contributed by atoms with Crippen molar-refractivity contribution in [2.45, 2.75) is 23.8 Å². The van der Waals surface area contributed by atoms with Gasteiger partial charge in [-0.1, -0.05) is 17.8 Å². The molecule has 0 fully saturated rings. The molecule has 1 aromatic carbocycles. The lowest BCUT2D eigenvalue weighted by Gasteiger charge is -2.08. The summed E-state index contributed by atoms with van der Waals surface area (Å²) in [5.41, 5.74) is 0.923. The van der Waals surface area contributed by atoms with Crippen molar-refractivity contribution in [1.82, 2.24) is 4.98 Å². The first-order chi connectivity index (χ1) is 8.58. The molecule has 0 bridgehead atoms. The van der Waals surface area contributed by atoms with Gasteiger partial charge in [0.05, 0.1) is 0 Å². The predicted molar refractivity (Wildman–Crippen MR) is 69.5 cm³/mol. The van der Waals surface area contributed by atoms with Crippen LogP contribution in [0.4, 0.5) is 4.39 Å². The van der Waals surface area contributed by atoms with E-state index in [1.54, 1.807) is 19.2 Å². The number of pyridine rings is 1. The van der Waals surface area contributed by atoms with Crippen LogP contribution < -0.4 is 0 Å². The number of nitrogens with zero attached hydrogens (tertiary/aromatic N) is 1. The van der Waals surface area contributed by atoms with Gasteiger partial charge in [-0.3, -0.25) is 4.79 Å². The molecule has 2 aromatic rings. The minimum atomic E-state index is -0.356. The zero-order chi connectivity index (χ0) is 13.1. The highest BCUT2D eigenvalue weighted by Crippen LogP contribution is 2.31. The Balaban J connectivity index is 2.43. The Hall–Kier alpha value is -1.68. The maximum Gasteiger partial charge on any atom is 0.161 e. The molecule has 0 aliphatic rings. The van der Waals surface area contributed by atoms with Gasteiger partial charge in [-0.15, -0.1) is 0 Å². The summed E-state index contributed by atoms with van der Waals surface area (Å²) >= 11 is 1.37. The molecule has 2 rings (SSSR count). The first-order valence-corrected chi connectivity index (χ1v) is 6.29. The van der Waals surface area contributed by atoms with Crippen molar-refractivity contribution in [2.24, 2.45) is 0 Å². The summed E-state index contributed by atoms with van der Waals surface area (Å²) in [6, 6.07) is 8.53. The summed E-state index contributed by atoms with van der Waals surface area (Å²) in [7, 11) is 0. The minimum Gasteiger partial charge on any atom is -0.294 e. The second-order valence-electron chi connectivity index (χ2n) is 3.92. The Bertz CT molecular complexity index is 584. The highest BCUT2D eigenvalue weighted by atomic mass is 32.2. The molecule has 0 saturated heterocycles. The van der Waals surface area contributed by atoms with Crippen LogP contribution in [0.3, 0.4) is 0 Å². The minimum absolute atomic E-state index is 0.146. The Kier molecular flexibility index (Phi) is 3.77. The summed E-state index contributed by atoms with van der Waals surface area (Å²) in [6.07, 6.45) is 1.69. The summed E-state index contributed by atoms with van der Waals surface area (Å²) < 4.78 is 13.5. The number of Topliss-reactive ketones (excluding diaryl/α,β-unsaturated/α-hetero) is 1. The Morgan fingerprint density at radius 1 is 1.33 bits per heavy atom. The van der Waals surface area contributed by atoms with Gasteiger partial charge in [-0.25, -0.2) is 9.37 Å². The molecule has 1 heterocycles. The van der Waals surface area contributed by atoms with Gasteiger partial charge in [0.25, 0.3) is 0 Å². The van der Waals surface area contributed by atoms with Crippen LogP contribution in [0, 0.1) is 12.7 Å². The molecular formula is C14H12FNOS. The van der Waals surface area contributed by atoms with E-state index in [9.17, 15) is 9.18 Å². The largest absolute Gasteiger partial charge is 0.294 e. The van der Waals surface area contributed by atoms with Crippen molar-refractivity contribution >= 4 is 17.5 Å². The second kappa shape index (κ2) is 5.31. The van der Waals surface area contributed by atoms with Crippen LogP contribution in [0.2, 0.25) is 0 Å². The van der Waals surface area contributed by atoms with Crippen LogP contribution in [-0.2, 0) is 0 Å². The average molecular weight is 261 g/mol. The smallest absolute Gasteiger partial charge is 0.161 e. The topological polar surface area (TPSA) is 30.0 Å². The lowest BCUT2D eigenvalue weighted by molar-refractivity contribution is 0.101. The number of rotatable bonds is 3. The third-order valence-electron chi connectivity index (χ3n) is 2.49. The van der Waals surface area contributed by atoms with E-state index in [0.717, 1.165) is 9.92 Å². The van der Waals surface area contributed by atoms with Gasteiger partial charge < -0.3 is 0 Å². The first-order valence-electron chi connectivity index (χ1n) is 5.48. The van der Waals surface area contributed by atoms with Crippen molar-refractivity contribution in [3.8, 4) is 0 Å². The lowest BCUT2D eigenvalue weighted by Crippen LogP contribution is -1.98. The summed E-state index contributed by atoms with van der Waals surface area (Å²) in [6.45, 7) is 3.12. The summed E-state index contributed by atoms with van der Waals surface area (Å²) in [5.74, 6) is -0.502. The Morgan fingerprint density at radius 3 is 2.72 bits per heavy atom. The summed E-state index contributed by atoms with van der Waals surface area (Å²) in [4.78, 5) is 16.4. The summed E-state index contributed by atoms with van der Waals surface area (Å²) in [5, 5.41) is 0.783. The number of benzene rings is 1. The molecule has 0 aliphatic heterocycles. The molecule has 0 radical (unpaired) electrons. The second-order valence-corrected chi connectivity index (χ2v) is 4.99. The van der Waals surface area contributed by atoms with E-state index in [2.05, 4.69) is 4.98 Å². The molecule has 1 aromatic heterocycles. The number of hydrogen-bond donors (Lipinski definition) is 0. The number of carbonyl (C=O) groups excluding carboxylic acids is 1. The van der Waals surface area contributed by atoms with Crippen LogP contribution in [0.15, 0.2) is 46.5 Å². The predicted octanol–water partition coefficient (Wildman–Crippen LogP) is 3.88. The molecule has 4 heteroatoms. The van der Waals surface area contributed by atoms with Crippen molar-refractivity contribution in [3.63, 3.8) is 0 Å². The van der Waals surface area contributed by atoms with E-state index < -0.39 is 0 Å². The zero-order valence-corrected chi connectivity index (χ0v) is 10.9. The van der Waals surface area contributed by atoms with E-state index in [4.69, 9.17) is 0 Å². The fourth-order valence-electron chi connectivity index (χ4n) is 1.53. The average Bonchev–Trinajstić information content (AvgIpc) is 2.34. The molecule has 0 unspecified atom stereocenters. The third-order valence-corrected chi connectivity index (χ3v) is 3.50. The van der Waals surface area contributed by atoms with Crippen molar-refractivity contribution in [1.29, 1.82) is 0 Å². The van der Waals surface area contributed by atoms with Crippen LogP contribution in [-0.4, -0.2) is 10.8 Å². The molecule has 2 nitrogen and oxygen atoms in total. The molecule has 0 amide bonds. The molecule has 0 spiro atoms. The highest BCUT2D eigenvalue weighted by molar-refractivity contribution is 7.99. The van der Waals surface area contributed by atoms with E-state index in [1.807, 2.05) is 18.2 Å². The number of aromatic nitrogens is 1. The standard InChI is InChI=1S/C14H12FNOS/c1-9-7-13(11(10(2)17)8-12(9)15)18-14-5-3-4-6-16-14/h3-8H,1-2H3. The van der Waals surface area contributed by atoms with Gasteiger partial charge in [0.1, 0.15) is 10.8 Å². The van der Waals surface area contributed by atoms with Gasteiger partial charge in [0.15, 0.2) is 5.78 Å². The fourth-order valence-corrected chi connectivity index (χ4v) is 2.57. The number of ketones is 1. The Labute approximate surface area is 109 Å². The maximum absolute atomic E-state index is 13.5. The van der Waals surface area contributed by atoms with E-state index in [-0.39, 0.29) is 11.6 Å². The van der Waals surface area contributed by atoms with Crippen LogP contribution in [0.25, 0.3) is 0 Å². The normalized spacial score (nSPS) is 10.4. The quantitative estimate of drug-likeness (QED) is 0.785. The number of aryl methyl sites for hydroxylation is 1. The van der Waals surface area contributed by atoms with Crippen molar-refractivity contribution < 1.29 is 9.18 Å². The number of carbonyl (C=O) groups is 1. The lowest BCUT2D eigenvalue weighted by atomic mass is 10.1. The maximum atomic E-state index is 13.5. The van der Waals surface area contributed by atoms with E-state index >= 15 is 0 Å². The Morgan fingerprint density at radius 2 is 2.11 bits per heavy atom. The molecule has 18 heavy (non-hydrogen) atoms. The molecule has 0 N–H and O–H groups in total. The van der Waals surface area contributed by atoms with Crippen molar-refractivity contribution in [2.75, 3.05) is 0 Å². The molecule has 0 aliphatic carbocycles. The van der Waals surface area contributed by atoms with Crippen LogP contribution in [0.1, 0.15) is 22.8 Å². The monoisotopic (exact) mass is 261 g/mol. The fraction of sp³-hybridized carbons (Fsp3) is 0.143.